The number of hydrogen-bond acceptors (Lipinski definition) is 3. The van der Waals surface area contributed by atoms with Crippen LogP contribution < -0.4 is 5.73 Å². The van der Waals surface area contributed by atoms with Gasteiger partial charge >= 0.3 is 0 Å². The average Bonchev–Trinajstić information content (AvgIpc) is 2.61. The summed E-state index contributed by atoms with van der Waals surface area (Å²) in [5.74, 6) is 0.691. The van der Waals surface area contributed by atoms with Crippen LogP contribution in [-0.2, 0) is 9.59 Å². The molecule has 1 heterocycles. The normalized spacial score (nSPS) is 18.4. The fourth-order valence-corrected chi connectivity index (χ4v) is 2.13. The molecule has 1 saturated heterocycles. The SMILES string of the molecule is CC(=O)N1CCCN(C(=O)CCC(C)CN)CC1. The third-order valence-corrected chi connectivity index (χ3v) is 3.55. The molecule has 0 aliphatic carbocycles. The summed E-state index contributed by atoms with van der Waals surface area (Å²) in [6.45, 7) is 7.12. The van der Waals surface area contributed by atoms with Crippen LogP contribution in [0.5, 0.6) is 0 Å². The molecular formula is C13H25N3O2. The highest BCUT2D eigenvalue weighted by molar-refractivity contribution is 5.76. The molecule has 1 unspecified atom stereocenters. The minimum Gasteiger partial charge on any atom is -0.341 e. The summed E-state index contributed by atoms with van der Waals surface area (Å²) in [4.78, 5) is 27.0. The standard InChI is InChI=1S/C13H25N3O2/c1-11(10-14)4-5-13(18)16-7-3-6-15(8-9-16)12(2)17/h11H,3-10,14H2,1-2H3. The lowest BCUT2D eigenvalue weighted by molar-refractivity contribution is -0.132. The number of carbonyl (C=O) groups excluding carboxylic acids is 2. The zero-order chi connectivity index (χ0) is 13.5. The van der Waals surface area contributed by atoms with Gasteiger partial charge in [0.05, 0.1) is 0 Å². The lowest BCUT2D eigenvalue weighted by atomic mass is 10.1. The maximum absolute atomic E-state index is 12.0. The molecule has 0 spiro atoms. The zero-order valence-corrected chi connectivity index (χ0v) is 11.5. The summed E-state index contributed by atoms with van der Waals surface area (Å²) in [5, 5.41) is 0. The smallest absolute Gasteiger partial charge is 0.222 e. The Morgan fingerprint density at radius 1 is 1.17 bits per heavy atom. The summed E-state index contributed by atoms with van der Waals surface area (Å²) in [6, 6.07) is 0. The maximum atomic E-state index is 12.0. The molecule has 0 bridgehead atoms. The number of nitrogens with zero attached hydrogens (tertiary/aromatic N) is 2. The van der Waals surface area contributed by atoms with E-state index in [4.69, 9.17) is 5.73 Å². The Morgan fingerprint density at radius 2 is 1.78 bits per heavy atom. The second kappa shape index (κ2) is 7.36. The van der Waals surface area contributed by atoms with Crippen molar-refractivity contribution in [3.63, 3.8) is 0 Å². The predicted molar refractivity (Wildman–Crippen MR) is 70.9 cm³/mol. The van der Waals surface area contributed by atoms with Gasteiger partial charge in [0.2, 0.25) is 11.8 Å². The van der Waals surface area contributed by atoms with Crippen molar-refractivity contribution >= 4 is 11.8 Å². The van der Waals surface area contributed by atoms with Crippen LogP contribution in [0, 0.1) is 5.92 Å². The van der Waals surface area contributed by atoms with Crippen LogP contribution in [0.2, 0.25) is 0 Å². The quantitative estimate of drug-likeness (QED) is 0.793. The van der Waals surface area contributed by atoms with E-state index >= 15 is 0 Å². The molecule has 0 aromatic carbocycles. The Labute approximate surface area is 109 Å². The van der Waals surface area contributed by atoms with Gasteiger partial charge in [0.15, 0.2) is 0 Å². The van der Waals surface area contributed by atoms with Crippen LogP contribution in [0.3, 0.4) is 0 Å². The molecule has 0 aromatic heterocycles. The molecule has 1 aliphatic rings. The topological polar surface area (TPSA) is 66.6 Å². The van der Waals surface area contributed by atoms with Gasteiger partial charge in [-0.1, -0.05) is 6.92 Å². The minimum absolute atomic E-state index is 0.0982. The van der Waals surface area contributed by atoms with Crippen molar-refractivity contribution in [1.29, 1.82) is 0 Å². The minimum atomic E-state index is 0.0982. The third-order valence-electron chi connectivity index (χ3n) is 3.55. The number of amides is 2. The fraction of sp³-hybridized carbons (Fsp3) is 0.846. The van der Waals surface area contributed by atoms with Gasteiger partial charge in [-0.15, -0.1) is 0 Å². The highest BCUT2D eigenvalue weighted by Crippen LogP contribution is 2.09. The zero-order valence-electron chi connectivity index (χ0n) is 11.5. The molecule has 1 fully saturated rings. The monoisotopic (exact) mass is 255 g/mol. The molecule has 104 valence electrons. The highest BCUT2D eigenvalue weighted by Gasteiger charge is 2.20. The molecule has 2 N–H and O–H groups in total. The van der Waals surface area contributed by atoms with Crippen molar-refractivity contribution in [1.82, 2.24) is 9.80 Å². The van der Waals surface area contributed by atoms with E-state index in [1.807, 2.05) is 9.80 Å². The molecule has 1 rings (SSSR count). The van der Waals surface area contributed by atoms with E-state index in [1.165, 1.54) is 0 Å². The van der Waals surface area contributed by atoms with E-state index in [0.29, 0.717) is 32.0 Å². The molecular weight excluding hydrogens is 230 g/mol. The van der Waals surface area contributed by atoms with Crippen molar-refractivity contribution in [2.24, 2.45) is 11.7 Å². The van der Waals surface area contributed by atoms with E-state index < -0.39 is 0 Å². The van der Waals surface area contributed by atoms with Gasteiger partial charge in [-0.05, 0) is 25.3 Å². The fourth-order valence-electron chi connectivity index (χ4n) is 2.13. The second-order valence-electron chi connectivity index (χ2n) is 5.12. The van der Waals surface area contributed by atoms with E-state index in [0.717, 1.165) is 25.9 Å². The number of carbonyl (C=O) groups is 2. The summed E-state index contributed by atoms with van der Waals surface area (Å²) < 4.78 is 0. The summed E-state index contributed by atoms with van der Waals surface area (Å²) >= 11 is 0. The molecule has 18 heavy (non-hydrogen) atoms. The van der Waals surface area contributed by atoms with Gasteiger partial charge in [-0.2, -0.15) is 0 Å². The molecule has 0 saturated carbocycles. The molecule has 5 nitrogen and oxygen atoms in total. The Hall–Kier alpha value is -1.10. The van der Waals surface area contributed by atoms with Crippen LogP contribution in [0.4, 0.5) is 0 Å². The molecule has 0 aromatic rings. The van der Waals surface area contributed by atoms with Crippen molar-refractivity contribution < 1.29 is 9.59 Å². The number of rotatable bonds is 4. The second-order valence-corrected chi connectivity index (χ2v) is 5.12. The van der Waals surface area contributed by atoms with Crippen LogP contribution in [0.15, 0.2) is 0 Å². The van der Waals surface area contributed by atoms with Crippen molar-refractivity contribution in [2.45, 2.75) is 33.1 Å². The van der Waals surface area contributed by atoms with Crippen molar-refractivity contribution in [3.8, 4) is 0 Å². The molecule has 0 radical (unpaired) electrons. The predicted octanol–water partition coefficient (Wildman–Crippen LogP) is 0.442. The summed E-state index contributed by atoms with van der Waals surface area (Å²) in [7, 11) is 0. The largest absolute Gasteiger partial charge is 0.341 e. The van der Waals surface area contributed by atoms with Crippen LogP contribution >= 0.6 is 0 Å². The van der Waals surface area contributed by atoms with Crippen LogP contribution in [0.1, 0.15) is 33.1 Å². The van der Waals surface area contributed by atoms with Gasteiger partial charge in [0, 0.05) is 39.5 Å². The van der Waals surface area contributed by atoms with Crippen LogP contribution in [0.25, 0.3) is 0 Å². The lowest BCUT2D eigenvalue weighted by Crippen LogP contribution is -2.36. The highest BCUT2D eigenvalue weighted by atomic mass is 16.2. The van der Waals surface area contributed by atoms with E-state index in [1.54, 1.807) is 6.92 Å². The number of nitrogens with two attached hydrogens (primary N) is 1. The first kappa shape index (κ1) is 15.0. The van der Waals surface area contributed by atoms with E-state index in [9.17, 15) is 9.59 Å². The number of hydrogen-bond donors (Lipinski definition) is 1. The molecule has 5 heteroatoms. The average molecular weight is 255 g/mol. The lowest BCUT2D eigenvalue weighted by Gasteiger charge is -2.22. The molecule has 2 amide bonds. The molecule has 1 atom stereocenters. The van der Waals surface area contributed by atoms with Gasteiger partial charge < -0.3 is 15.5 Å². The summed E-state index contributed by atoms with van der Waals surface area (Å²) in [6.07, 6.45) is 2.29. The Morgan fingerprint density at radius 3 is 2.39 bits per heavy atom. The maximum Gasteiger partial charge on any atom is 0.222 e. The summed E-state index contributed by atoms with van der Waals surface area (Å²) in [5.41, 5.74) is 5.54. The first-order valence-corrected chi connectivity index (χ1v) is 6.78. The van der Waals surface area contributed by atoms with E-state index in [-0.39, 0.29) is 11.8 Å². The van der Waals surface area contributed by atoms with Crippen LogP contribution in [-0.4, -0.2) is 54.3 Å². The molecule has 1 aliphatic heterocycles. The Kier molecular flexibility index (Phi) is 6.12. The Bertz CT molecular complexity index is 294. The van der Waals surface area contributed by atoms with Crippen molar-refractivity contribution in [2.75, 3.05) is 32.7 Å². The van der Waals surface area contributed by atoms with Gasteiger partial charge in [-0.25, -0.2) is 0 Å². The van der Waals surface area contributed by atoms with Gasteiger partial charge in [0.1, 0.15) is 0 Å². The Balaban J connectivity index is 2.38. The third kappa shape index (κ3) is 4.64. The van der Waals surface area contributed by atoms with Gasteiger partial charge in [-0.3, -0.25) is 9.59 Å². The first-order chi connectivity index (χ1) is 8.54. The van der Waals surface area contributed by atoms with Crippen molar-refractivity contribution in [3.05, 3.63) is 0 Å². The van der Waals surface area contributed by atoms with Gasteiger partial charge in [0.25, 0.3) is 0 Å². The van der Waals surface area contributed by atoms with E-state index in [2.05, 4.69) is 6.92 Å². The first-order valence-electron chi connectivity index (χ1n) is 6.78.